The van der Waals surface area contributed by atoms with Crippen LogP contribution in [0.15, 0.2) is 22.6 Å². The molecule has 0 aliphatic carbocycles. The zero-order valence-corrected chi connectivity index (χ0v) is 22.9. The summed E-state index contributed by atoms with van der Waals surface area (Å²) in [5, 5.41) is 3.55. The Morgan fingerprint density at radius 3 is 2.12 bits per heavy atom. The molecule has 0 saturated carbocycles. The Bertz CT molecular complexity index is 1360. The van der Waals surface area contributed by atoms with E-state index >= 15 is 0 Å². The minimum Gasteiger partial charge on any atom is -0.361 e. The second kappa shape index (κ2) is 10.0. The summed E-state index contributed by atoms with van der Waals surface area (Å²) in [7, 11) is -7.55. The Labute approximate surface area is 203 Å². The summed E-state index contributed by atoms with van der Waals surface area (Å²) in [5.74, 6) is -0.598. The maximum Gasteiger partial charge on any atom is 0.313 e. The van der Waals surface area contributed by atoms with Crippen LogP contribution in [-0.4, -0.2) is 43.9 Å². The predicted octanol–water partition coefficient (Wildman–Crippen LogP) is 4.47. The molecule has 0 fully saturated rings. The van der Waals surface area contributed by atoms with Gasteiger partial charge in [0.15, 0.2) is 9.84 Å². The van der Waals surface area contributed by atoms with E-state index in [9.17, 15) is 21.6 Å². The van der Waals surface area contributed by atoms with Crippen molar-refractivity contribution < 1.29 is 25.8 Å². The van der Waals surface area contributed by atoms with Gasteiger partial charge >= 0.3 is 10.1 Å². The van der Waals surface area contributed by atoms with Crippen LogP contribution in [0.25, 0.3) is 5.57 Å². The Morgan fingerprint density at radius 1 is 1.06 bits per heavy atom. The number of ketones is 1. The Hall–Kier alpha value is -2.46. The number of carbonyl (C=O) groups excluding carboxylic acids is 1. The first-order chi connectivity index (χ1) is 15.5. The maximum atomic E-state index is 13.8. The molecule has 1 heterocycles. The van der Waals surface area contributed by atoms with E-state index in [-0.39, 0.29) is 21.9 Å². The standard InChI is InChI=1S/C24H34N2O6S2/c1-10-13-26-24(32-34(30,31)15(4)5)22(18(8)25-26)23(27)19-11-12-20(33(9,28)29)21(17(19)7)16(6)14(2)3/h11-12,15H,10,13H2,1-9H3. The van der Waals surface area contributed by atoms with E-state index in [2.05, 4.69) is 5.10 Å². The third kappa shape index (κ3) is 5.43. The van der Waals surface area contributed by atoms with Crippen LogP contribution in [0, 0.1) is 13.8 Å². The average Bonchev–Trinajstić information content (AvgIpc) is 3.00. The number of hydrogen-bond donors (Lipinski definition) is 0. The summed E-state index contributed by atoms with van der Waals surface area (Å²) in [6, 6.07) is 2.89. The molecule has 0 saturated heterocycles. The number of rotatable bonds is 9. The largest absolute Gasteiger partial charge is 0.361 e. The molecule has 0 radical (unpaired) electrons. The lowest BCUT2D eigenvalue weighted by Crippen LogP contribution is -2.23. The normalized spacial score (nSPS) is 12.2. The number of aromatic nitrogens is 2. The fraction of sp³-hybridized carbons (Fsp3) is 0.500. The van der Waals surface area contributed by atoms with E-state index < -0.39 is 31.0 Å². The number of nitrogens with zero attached hydrogens (tertiary/aromatic N) is 2. The molecule has 0 unspecified atom stereocenters. The lowest BCUT2D eigenvalue weighted by atomic mass is 9.91. The molecule has 2 aromatic rings. The van der Waals surface area contributed by atoms with Gasteiger partial charge < -0.3 is 4.18 Å². The quantitative estimate of drug-likeness (QED) is 0.361. The summed E-state index contributed by atoms with van der Waals surface area (Å²) >= 11 is 0. The molecule has 0 atom stereocenters. The number of allylic oxidation sites excluding steroid dienone is 2. The number of hydrogen-bond acceptors (Lipinski definition) is 7. The highest BCUT2D eigenvalue weighted by molar-refractivity contribution is 7.90. The van der Waals surface area contributed by atoms with Gasteiger partial charge in [0.2, 0.25) is 11.7 Å². The van der Waals surface area contributed by atoms with Crippen molar-refractivity contribution in [1.29, 1.82) is 0 Å². The first-order valence-corrected chi connectivity index (χ1v) is 14.4. The molecule has 0 spiro atoms. The molecule has 0 bridgehead atoms. The van der Waals surface area contributed by atoms with Crippen molar-refractivity contribution >= 4 is 31.3 Å². The lowest BCUT2D eigenvalue weighted by Gasteiger charge is -2.17. The van der Waals surface area contributed by atoms with Gasteiger partial charge in [-0.15, -0.1) is 0 Å². The van der Waals surface area contributed by atoms with Crippen LogP contribution in [0.4, 0.5) is 0 Å². The number of benzene rings is 1. The van der Waals surface area contributed by atoms with Gasteiger partial charge in [-0.1, -0.05) is 12.5 Å². The van der Waals surface area contributed by atoms with Gasteiger partial charge in [-0.3, -0.25) is 4.79 Å². The molecule has 8 nitrogen and oxygen atoms in total. The highest BCUT2D eigenvalue weighted by Crippen LogP contribution is 2.34. The summed E-state index contributed by atoms with van der Waals surface area (Å²) in [6.07, 6.45) is 1.78. The summed E-state index contributed by atoms with van der Waals surface area (Å²) in [6.45, 7) is 14.1. The monoisotopic (exact) mass is 510 g/mol. The van der Waals surface area contributed by atoms with Gasteiger partial charge in [-0.05, 0) is 83.7 Å². The van der Waals surface area contributed by atoms with E-state index in [0.717, 1.165) is 17.4 Å². The molecule has 10 heteroatoms. The molecule has 1 aromatic carbocycles. The summed E-state index contributed by atoms with van der Waals surface area (Å²) in [4.78, 5) is 13.9. The van der Waals surface area contributed by atoms with Crippen LogP contribution in [0.1, 0.15) is 80.7 Å². The molecular weight excluding hydrogens is 476 g/mol. The predicted molar refractivity (Wildman–Crippen MR) is 134 cm³/mol. The summed E-state index contributed by atoms with van der Waals surface area (Å²) in [5.41, 5.74) is 3.28. The Morgan fingerprint density at radius 2 is 1.65 bits per heavy atom. The molecule has 2 rings (SSSR count). The first-order valence-electron chi connectivity index (χ1n) is 11.1. The summed E-state index contributed by atoms with van der Waals surface area (Å²) < 4.78 is 56.9. The van der Waals surface area contributed by atoms with Crippen molar-refractivity contribution in [3.8, 4) is 5.88 Å². The zero-order chi connectivity index (χ0) is 26.2. The molecule has 0 N–H and O–H groups in total. The Kier molecular flexibility index (Phi) is 8.20. The molecular formula is C24H34N2O6S2. The van der Waals surface area contributed by atoms with Crippen molar-refractivity contribution in [1.82, 2.24) is 9.78 Å². The molecule has 188 valence electrons. The van der Waals surface area contributed by atoms with Crippen LogP contribution in [-0.2, 0) is 26.5 Å². The zero-order valence-electron chi connectivity index (χ0n) is 21.3. The highest BCUT2D eigenvalue weighted by Gasteiger charge is 2.31. The lowest BCUT2D eigenvalue weighted by molar-refractivity contribution is 0.103. The SMILES string of the molecule is CCCn1nc(C)c(C(=O)c2ccc(S(C)(=O)=O)c(C(C)=C(C)C)c2C)c1OS(=O)(=O)C(C)C. The van der Waals surface area contributed by atoms with Crippen molar-refractivity contribution in [2.75, 3.05) is 6.26 Å². The second-order valence-electron chi connectivity index (χ2n) is 8.95. The van der Waals surface area contributed by atoms with E-state index in [1.54, 1.807) is 13.8 Å². The first kappa shape index (κ1) is 27.8. The van der Waals surface area contributed by atoms with Crippen LogP contribution < -0.4 is 4.18 Å². The number of carbonyl (C=O) groups is 1. The van der Waals surface area contributed by atoms with Gasteiger partial charge in [-0.2, -0.15) is 13.5 Å². The minimum absolute atomic E-state index is 0.0497. The molecule has 0 aliphatic heterocycles. The van der Waals surface area contributed by atoms with Gasteiger partial charge in [0.05, 0.1) is 15.8 Å². The van der Waals surface area contributed by atoms with E-state index in [0.29, 0.717) is 29.8 Å². The molecule has 0 aliphatic rings. The average molecular weight is 511 g/mol. The third-order valence-electron chi connectivity index (χ3n) is 5.71. The van der Waals surface area contributed by atoms with Crippen LogP contribution >= 0.6 is 0 Å². The highest BCUT2D eigenvalue weighted by atomic mass is 32.2. The second-order valence-corrected chi connectivity index (χ2v) is 13.0. The smallest absolute Gasteiger partial charge is 0.313 e. The van der Waals surface area contributed by atoms with E-state index in [4.69, 9.17) is 4.18 Å². The minimum atomic E-state index is -3.99. The van der Waals surface area contributed by atoms with Gasteiger partial charge in [0.1, 0.15) is 5.56 Å². The van der Waals surface area contributed by atoms with Crippen molar-refractivity contribution in [3.63, 3.8) is 0 Å². The fourth-order valence-corrected chi connectivity index (χ4v) is 5.14. The third-order valence-corrected chi connectivity index (χ3v) is 8.40. The van der Waals surface area contributed by atoms with Crippen molar-refractivity contribution in [3.05, 3.63) is 45.7 Å². The van der Waals surface area contributed by atoms with Crippen LogP contribution in [0.5, 0.6) is 5.88 Å². The van der Waals surface area contributed by atoms with Crippen LogP contribution in [0.2, 0.25) is 0 Å². The van der Waals surface area contributed by atoms with Gasteiger partial charge in [0, 0.05) is 18.4 Å². The number of aryl methyl sites for hydroxylation is 2. The van der Waals surface area contributed by atoms with E-state index in [1.807, 2.05) is 27.7 Å². The molecule has 1 aromatic heterocycles. The van der Waals surface area contributed by atoms with Gasteiger partial charge in [-0.25, -0.2) is 13.1 Å². The molecule has 34 heavy (non-hydrogen) atoms. The van der Waals surface area contributed by atoms with E-state index in [1.165, 1.54) is 30.7 Å². The molecule has 0 amide bonds. The van der Waals surface area contributed by atoms with Gasteiger partial charge in [0.25, 0.3) is 0 Å². The Balaban J connectivity index is 2.85. The van der Waals surface area contributed by atoms with Crippen molar-refractivity contribution in [2.24, 2.45) is 0 Å². The van der Waals surface area contributed by atoms with Crippen LogP contribution in [0.3, 0.4) is 0 Å². The topological polar surface area (TPSA) is 112 Å². The fourth-order valence-electron chi connectivity index (χ4n) is 3.57. The maximum absolute atomic E-state index is 13.8. The number of sulfone groups is 1. The van der Waals surface area contributed by atoms with Crippen molar-refractivity contribution in [2.45, 2.75) is 78.5 Å².